The summed E-state index contributed by atoms with van der Waals surface area (Å²) < 4.78 is 10.1. The molecule has 13 heavy (non-hydrogen) atoms. The smallest absolute Gasteiger partial charge is 0.255 e. The van der Waals surface area contributed by atoms with Crippen molar-refractivity contribution >= 4 is 8.53 Å². The molecule has 0 aromatic carbocycles. The lowest BCUT2D eigenvalue weighted by molar-refractivity contribution is 0.328. The molecule has 0 saturated heterocycles. The van der Waals surface area contributed by atoms with Gasteiger partial charge in [0.1, 0.15) is 0 Å². The molecular weight excluding hydrogens is 187 g/mol. The van der Waals surface area contributed by atoms with Crippen LogP contribution in [0.3, 0.4) is 0 Å². The monoisotopic (exact) mass is 208 g/mol. The second-order valence-corrected chi connectivity index (χ2v) is 4.60. The van der Waals surface area contributed by atoms with E-state index in [0.717, 1.165) is 19.5 Å². The van der Waals surface area contributed by atoms with Gasteiger partial charge in [-0.2, -0.15) is 0 Å². The number of rotatable bonds is 8. The molecule has 0 aromatic heterocycles. The molecule has 0 aromatic rings. The molecule has 0 saturated carbocycles. The van der Waals surface area contributed by atoms with Crippen LogP contribution < -0.4 is 5.09 Å². The Kier molecular flexibility index (Phi) is 9.03. The fourth-order valence-electron chi connectivity index (χ4n) is 0.927. The first-order valence-corrected chi connectivity index (χ1v) is 5.65. The summed E-state index contributed by atoms with van der Waals surface area (Å²) in [5, 5.41) is 3.19. The number of unbranched alkanes of at least 4 members (excludes halogenated alkanes) is 1. The summed E-state index contributed by atoms with van der Waals surface area (Å²) in [5.74, 6) is 0. The van der Waals surface area contributed by atoms with Crippen LogP contribution in [0.5, 0.6) is 0 Å². The van der Waals surface area contributed by atoms with Gasteiger partial charge >= 0.3 is 0 Å². The zero-order valence-corrected chi connectivity index (χ0v) is 9.93. The van der Waals surface area contributed by atoms with Crippen LogP contribution in [0.2, 0.25) is 0 Å². The molecular formula is C8H21N2O2P. The highest BCUT2D eigenvalue weighted by Gasteiger charge is 2.03. The van der Waals surface area contributed by atoms with Crippen molar-refractivity contribution < 1.29 is 9.05 Å². The van der Waals surface area contributed by atoms with Crippen LogP contribution in [0.4, 0.5) is 0 Å². The molecule has 0 fully saturated rings. The van der Waals surface area contributed by atoms with E-state index in [-0.39, 0.29) is 0 Å². The van der Waals surface area contributed by atoms with Gasteiger partial charge < -0.3 is 13.9 Å². The zero-order valence-electron chi connectivity index (χ0n) is 9.04. The number of nitrogens with one attached hydrogen (secondary N) is 1. The summed E-state index contributed by atoms with van der Waals surface area (Å²) in [6, 6.07) is 0. The molecule has 4 nitrogen and oxygen atoms in total. The molecule has 0 heterocycles. The average molecular weight is 208 g/mol. The van der Waals surface area contributed by atoms with Crippen LogP contribution in [-0.2, 0) is 9.05 Å². The topological polar surface area (TPSA) is 33.7 Å². The van der Waals surface area contributed by atoms with E-state index >= 15 is 0 Å². The molecule has 0 radical (unpaired) electrons. The quantitative estimate of drug-likeness (QED) is 0.483. The van der Waals surface area contributed by atoms with Gasteiger partial charge in [0.05, 0.1) is 0 Å². The predicted octanol–water partition coefficient (Wildman–Crippen LogP) is 1.44. The zero-order chi connectivity index (χ0) is 10.1. The highest BCUT2D eigenvalue weighted by Crippen LogP contribution is 2.29. The predicted molar refractivity (Wildman–Crippen MR) is 56.7 cm³/mol. The Labute approximate surface area is 82.6 Å². The van der Waals surface area contributed by atoms with Crippen LogP contribution in [0.1, 0.15) is 12.8 Å². The SMILES string of the molecule is COP(NCCCCN(C)C)OC. The van der Waals surface area contributed by atoms with E-state index in [1.807, 2.05) is 0 Å². The van der Waals surface area contributed by atoms with Crippen molar-refractivity contribution in [2.24, 2.45) is 0 Å². The summed E-state index contributed by atoms with van der Waals surface area (Å²) in [7, 11) is 6.63. The van der Waals surface area contributed by atoms with E-state index in [1.165, 1.54) is 6.42 Å². The highest BCUT2D eigenvalue weighted by atomic mass is 31.2. The molecule has 0 unspecified atom stereocenters. The first kappa shape index (κ1) is 13.3. The number of hydrogen-bond donors (Lipinski definition) is 1. The van der Waals surface area contributed by atoms with Crippen LogP contribution in [0.25, 0.3) is 0 Å². The molecule has 80 valence electrons. The summed E-state index contributed by atoms with van der Waals surface area (Å²) in [6.07, 6.45) is 2.36. The van der Waals surface area contributed by atoms with E-state index in [4.69, 9.17) is 9.05 Å². The van der Waals surface area contributed by atoms with Gasteiger partial charge in [0.2, 0.25) is 0 Å². The summed E-state index contributed by atoms with van der Waals surface area (Å²) in [6.45, 7) is 2.10. The minimum absolute atomic E-state index is 0.852. The molecule has 0 rings (SSSR count). The largest absolute Gasteiger partial charge is 0.325 e. The number of nitrogens with zero attached hydrogens (tertiary/aromatic N) is 1. The third-order valence-electron chi connectivity index (χ3n) is 1.60. The molecule has 0 aliphatic carbocycles. The lowest BCUT2D eigenvalue weighted by Gasteiger charge is -2.13. The van der Waals surface area contributed by atoms with Gasteiger partial charge in [0, 0.05) is 20.8 Å². The van der Waals surface area contributed by atoms with Gasteiger partial charge in [0.25, 0.3) is 8.53 Å². The molecule has 1 N–H and O–H groups in total. The van der Waals surface area contributed by atoms with Gasteiger partial charge in [-0.25, -0.2) is 0 Å². The molecule has 0 spiro atoms. The Bertz CT molecular complexity index is 110. The lowest BCUT2D eigenvalue weighted by Crippen LogP contribution is -2.16. The summed E-state index contributed by atoms with van der Waals surface area (Å²) in [4.78, 5) is 2.19. The minimum atomic E-state index is -0.852. The fraction of sp³-hybridized carbons (Fsp3) is 1.00. The van der Waals surface area contributed by atoms with Crippen LogP contribution in [0.15, 0.2) is 0 Å². The van der Waals surface area contributed by atoms with Crippen molar-refractivity contribution in [2.75, 3.05) is 41.4 Å². The first-order valence-electron chi connectivity index (χ1n) is 4.47. The second kappa shape index (κ2) is 8.85. The molecule has 0 bridgehead atoms. The summed E-state index contributed by atoms with van der Waals surface area (Å²) >= 11 is 0. The standard InChI is InChI=1S/C8H21N2O2P/c1-10(2)8-6-5-7-9-13(11-3)12-4/h9H,5-8H2,1-4H3. The Morgan fingerprint density at radius 2 is 1.77 bits per heavy atom. The lowest BCUT2D eigenvalue weighted by atomic mass is 10.3. The maximum absolute atomic E-state index is 5.05. The Morgan fingerprint density at radius 1 is 1.15 bits per heavy atom. The van der Waals surface area contributed by atoms with E-state index in [9.17, 15) is 0 Å². The molecule has 0 amide bonds. The molecule has 0 aliphatic heterocycles. The maximum Gasteiger partial charge on any atom is 0.255 e. The molecule has 0 aliphatic rings. The Balaban J connectivity index is 3.14. The Morgan fingerprint density at radius 3 is 2.23 bits per heavy atom. The van der Waals surface area contributed by atoms with Crippen molar-refractivity contribution in [3.8, 4) is 0 Å². The average Bonchev–Trinajstić information content (AvgIpc) is 2.11. The third kappa shape index (κ3) is 8.60. The van der Waals surface area contributed by atoms with E-state index in [2.05, 4.69) is 24.1 Å². The van der Waals surface area contributed by atoms with Crippen molar-refractivity contribution in [3.63, 3.8) is 0 Å². The van der Waals surface area contributed by atoms with Crippen LogP contribution in [0, 0.1) is 0 Å². The van der Waals surface area contributed by atoms with Crippen molar-refractivity contribution in [1.29, 1.82) is 0 Å². The fourth-order valence-corrected chi connectivity index (χ4v) is 1.67. The summed E-state index contributed by atoms with van der Waals surface area (Å²) in [5.41, 5.74) is 0. The van der Waals surface area contributed by atoms with Crippen LogP contribution >= 0.6 is 8.53 Å². The first-order chi connectivity index (χ1) is 6.20. The van der Waals surface area contributed by atoms with E-state index < -0.39 is 8.53 Å². The third-order valence-corrected chi connectivity index (χ3v) is 2.75. The second-order valence-electron chi connectivity index (χ2n) is 3.04. The number of hydrogen-bond acceptors (Lipinski definition) is 4. The van der Waals surface area contributed by atoms with Crippen molar-refractivity contribution in [1.82, 2.24) is 9.99 Å². The van der Waals surface area contributed by atoms with Gasteiger partial charge in [-0.15, -0.1) is 0 Å². The van der Waals surface area contributed by atoms with E-state index in [1.54, 1.807) is 14.2 Å². The normalized spacial score (nSPS) is 11.5. The van der Waals surface area contributed by atoms with Gasteiger partial charge in [-0.1, -0.05) is 0 Å². The molecule has 5 heteroatoms. The molecule has 0 atom stereocenters. The van der Waals surface area contributed by atoms with Crippen molar-refractivity contribution in [3.05, 3.63) is 0 Å². The van der Waals surface area contributed by atoms with Gasteiger partial charge in [0.15, 0.2) is 0 Å². The van der Waals surface area contributed by atoms with Crippen LogP contribution in [-0.4, -0.2) is 46.3 Å². The van der Waals surface area contributed by atoms with Crippen molar-refractivity contribution in [2.45, 2.75) is 12.8 Å². The highest BCUT2D eigenvalue weighted by molar-refractivity contribution is 7.44. The van der Waals surface area contributed by atoms with Gasteiger partial charge in [-0.3, -0.25) is 5.09 Å². The minimum Gasteiger partial charge on any atom is -0.325 e. The Hall–Kier alpha value is 0.270. The van der Waals surface area contributed by atoms with Gasteiger partial charge in [-0.05, 0) is 33.5 Å². The van der Waals surface area contributed by atoms with E-state index in [0.29, 0.717) is 0 Å². The maximum atomic E-state index is 5.05.